The highest BCUT2D eigenvalue weighted by Gasteiger charge is 2.31. The van der Waals surface area contributed by atoms with Crippen LogP contribution in [0.1, 0.15) is 19.0 Å². The maximum atomic E-state index is 12.5. The zero-order valence-electron chi connectivity index (χ0n) is 13.4. The molecule has 5 nitrogen and oxygen atoms in total. The summed E-state index contributed by atoms with van der Waals surface area (Å²) in [6, 6.07) is 6.02. The molecule has 0 aromatic carbocycles. The van der Waals surface area contributed by atoms with E-state index in [2.05, 4.69) is 16.9 Å². The fraction of sp³-hybridized carbons (Fsp3) is 0.438. The first-order valence-corrected chi connectivity index (χ1v) is 8.40. The van der Waals surface area contributed by atoms with Gasteiger partial charge in [0.25, 0.3) is 0 Å². The summed E-state index contributed by atoms with van der Waals surface area (Å²) >= 11 is 1.53. The number of hydrogen-bond donors (Lipinski definition) is 1. The lowest BCUT2D eigenvalue weighted by molar-refractivity contribution is -0.131. The third kappa shape index (κ3) is 4.66. The minimum Gasteiger partial charge on any atom is -0.339 e. The Kier molecular flexibility index (Phi) is 8.09. The molecule has 132 valence electrons. The third-order valence-corrected chi connectivity index (χ3v) is 5.00. The number of amides is 1. The van der Waals surface area contributed by atoms with Gasteiger partial charge in [-0.05, 0) is 37.9 Å². The van der Waals surface area contributed by atoms with Crippen LogP contribution in [0.15, 0.2) is 29.8 Å². The van der Waals surface area contributed by atoms with Crippen molar-refractivity contribution in [2.75, 3.05) is 13.1 Å². The minimum absolute atomic E-state index is 0. The van der Waals surface area contributed by atoms with Crippen molar-refractivity contribution in [1.82, 2.24) is 14.9 Å². The minimum atomic E-state index is 0. The van der Waals surface area contributed by atoms with E-state index in [1.807, 2.05) is 28.5 Å². The topological polar surface area (TPSA) is 72.1 Å². The standard InChI is InChI=1S/C16H20N4OS.2ClH/c1-11-6-12(8-17)9-20(11)15(21)7-13-10-22-16(19-13)14-4-2-3-5-18-14;;/h2-5,10-12H,6-9,17H2,1H3;2*1H. The van der Waals surface area contributed by atoms with E-state index < -0.39 is 0 Å². The van der Waals surface area contributed by atoms with E-state index in [0.717, 1.165) is 29.4 Å². The summed E-state index contributed by atoms with van der Waals surface area (Å²) in [5.41, 5.74) is 7.39. The van der Waals surface area contributed by atoms with Crippen LogP contribution in [0, 0.1) is 5.92 Å². The average Bonchev–Trinajstić information content (AvgIpc) is 3.14. The van der Waals surface area contributed by atoms with E-state index in [0.29, 0.717) is 18.9 Å². The van der Waals surface area contributed by atoms with Crippen LogP contribution >= 0.6 is 36.2 Å². The van der Waals surface area contributed by atoms with Crippen molar-refractivity contribution in [3.63, 3.8) is 0 Å². The van der Waals surface area contributed by atoms with Gasteiger partial charge in [0, 0.05) is 24.2 Å². The van der Waals surface area contributed by atoms with Crippen molar-refractivity contribution in [1.29, 1.82) is 0 Å². The normalized spacial score (nSPS) is 19.5. The summed E-state index contributed by atoms with van der Waals surface area (Å²) in [6.07, 6.45) is 3.10. The largest absolute Gasteiger partial charge is 0.339 e. The highest BCUT2D eigenvalue weighted by molar-refractivity contribution is 7.13. The number of nitrogens with zero attached hydrogens (tertiary/aromatic N) is 3. The quantitative estimate of drug-likeness (QED) is 0.873. The molecule has 3 rings (SSSR count). The second-order valence-electron chi connectivity index (χ2n) is 5.77. The van der Waals surface area contributed by atoms with Crippen LogP contribution in [0.5, 0.6) is 0 Å². The molecule has 24 heavy (non-hydrogen) atoms. The van der Waals surface area contributed by atoms with Crippen LogP contribution in [0.25, 0.3) is 10.7 Å². The van der Waals surface area contributed by atoms with Crippen LogP contribution in [0.4, 0.5) is 0 Å². The maximum absolute atomic E-state index is 12.5. The molecule has 1 saturated heterocycles. The number of carbonyl (C=O) groups is 1. The highest BCUT2D eigenvalue weighted by Crippen LogP contribution is 2.25. The molecule has 1 fully saturated rings. The second kappa shape index (κ2) is 9.32. The number of nitrogens with two attached hydrogens (primary N) is 1. The van der Waals surface area contributed by atoms with Crippen molar-refractivity contribution >= 4 is 42.1 Å². The zero-order chi connectivity index (χ0) is 15.5. The monoisotopic (exact) mass is 388 g/mol. The SMILES string of the molecule is CC1CC(CN)CN1C(=O)Cc1csc(-c2ccccn2)n1.Cl.Cl. The van der Waals surface area contributed by atoms with E-state index in [1.54, 1.807) is 6.20 Å². The molecular formula is C16H22Cl2N4OS. The molecule has 8 heteroatoms. The Hall–Kier alpha value is -1.21. The lowest BCUT2D eigenvalue weighted by Gasteiger charge is -2.21. The number of thiazole rings is 1. The van der Waals surface area contributed by atoms with Crippen molar-refractivity contribution in [3.8, 4) is 10.7 Å². The van der Waals surface area contributed by atoms with E-state index in [1.165, 1.54) is 11.3 Å². The molecule has 0 radical (unpaired) electrons. The van der Waals surface area contributed by atoms with Gasteiger partial charge in [-0.3, -0.25) is 9.78 Å². The summed E-state index contributed by atoms with van der Waals surface area (Å²) in [5, 5.41) is 2.81. The number of halogens is 2. The van der Waals surface area contributed by atoms with Crippen molar-refractivity contribution in [2.45, 2.75) is 25.8 Å². The lowest BCUT2D eigenvalue weighted by atomic mass is 10.1. The number of aromatic nitrogens is 2. The van der Waals surface area contributed by atoms with Gasteiger partial charge in [0.15, 0.2) is 0 Å². The van der Waals surface area contributed by atoms with Gasteiger partial charge in [0.2, 0.25) is 5.91 Å². The molecule has 2 aromatic heterocycles. The second-order valence-corrected chi connectivity index (χ2v) is 6.63. The average molecular weight is 389 g/mol. The molecule has 1 amide bonds. The fourth-order valence-corrected chi connectivity index (χ4v) is 3.71. The van der Waals surface area contributed by atoms with Gasteiger partial charge in [0.05, 0.1) is 17.8 Å². The van der Waals surface area contributed by atoms with Gasteiger partial charge in [-0.15, -0.1) is 36.2 Å². The Bertz CT molecular complexity index is 653. The molecule has 2 unspecified atom stereocenters. The van der Waals surface area contributed by atoms with Crippen LogP contribution in [-0.2, 0) is 11.2 Å². The van der Waals surface area contributed by atoms with Gasteiger partial charge in [-0.1, -0.05) is 6.07 Å². The number of pyridine rings is 1. The summed E-state index contributed by atoms with van der Waals surface area (Å²) in [7, 11) is 0. The van der Waals surface area contributed by atoms with Crippen LogP contribution in [0.2, 0.25) is 0 Å². The van der Waals surface area contributed by atoms with Crippen molar-refractivity contribution in [2.24, 2.45) is 11.7 Å². The Morgan fingerprint density at radius 3 is 2.83 bits per heavy atom. The molecule has 0 aliphatic carbocycles. The lowest BCUT2D eigenvalue weighted by Crippen LogP contribution is -2.35. The van der Waals surface area contributed by atoms with Gasteiger partial charge < -0.3 is 10.6 Å². The fourth-order valence-electron chi connectivity index (χ4n) is 2.91. The smallest absolute Gasteiger partial charge is 0.228 e. The number of carbonyl (C=O) groups excluding carboxylic acids is 1. The summed E-state index contributed by atoms with van der Waals surface area (Å²) < 4.78 is 0. The molecular weight excluding hydrogens is 367 g/mol. The first-order chi connectivity index (χ1) is 10.7. The summed E-state index contributed by atoms with van der Waals surface area (Å²) in [6.45, 7) is 3.51. The van der Waals surface area contributed by atoms with E-state index >= 15 is 0 Å². The van der Waals surface area contributed by atoms with Gasteiger partial charge in [-0.2, -0.15) is 0 Å². The highest BCUT2D eigenvalue weighted by atomic mass is 35.5. The first kappa shape index (κ1) is 20.8. The third-order valence-electron chi connectivity index (χ3n) is 4.08. The van der Waals surface area contributed by atoms with Gasteiger partial charge in [0.1, 0.15) is 5.01 Å². The van der Waals surface area contributed by atoms with Gasteiger partial charge >= 0.3 is 0 Å². The number of likely N-dealkylation sites (tertiary alicyclic amines) is 1. The predicted molar refractivity (Wildman–Crippen MR) is 102 cm³/mol. The van der Waals surface area contributed by atoms with Crippen LogP contribution < -0.4 is 5.73 Å². The summed E-state index contributed by atoms with van der Waals surface area (Å²) in [4.78, 5) is 23.2. The Balaban J connectivity index is 0.00000144. The van der Waals surface area contributed by atoms with E-state index in [-0.39, 0.29) is 36.8 Å². The molecule has 0 spiro atoms. The molecule has 2 aromatic rings. The van der Waals surface area contributed by atoms with Crippen LogP contribution in [0.3, 0.4) is 0 Å². The van der Waals surface area contributed by atoms with Crippen molar-refractivity contribution < 1.29 is 4.79 Å². The molecule has 0 saturated carbocycles. The van der Waals surface area contributed by atoms with E-state index in [9.17, 15) is 4.79 Å². The van der Waals surface area contributed by atoms with Crippen molar-refractivity contribution in [3.05, 3.63) is 35.5 Å². The predicted octanol–water partition coefficient (Wildman–Crippen LogP) is 2.79. The first-order valence-electron chi connectivity index (χ1n) is 7.52. The molecule has 2 atom stereocenters. The Morgan fingerprint density at radius 2 is 2.21 bits per heavy atom. The molecule has 1 aliphatic rings. The van der Waals surface area contributed by atoms with E-state index in [4.69, 9.17) is 5.73 Å². The van der Waals surface area contributed by atoms with Crippen LogP contribution in [-0.4, -0.2) is 39.9 Å². The van der Waals surface area contributed by atoms with Gasteiger partial charge in [-0.25, -0.2) is 4.98 Å². The molecule has 1 aliphatic heterocycles. The zero-order valence-corrected chi connectivity index (χ0v) is 15.9. The Morgan fingerprint density at radius 1 is 1.42 bits per heavy atom. The molecule has 2 N–H and O–H groups in total. The number of hydrogen-bond acceptors (Lipinski definition) is 5. The Labute approximate surface area is 158 Å². The summed E-state index contributed by atoms with van der Waals surface area (Å²) in [5.74, 6) is 0.569. The number of rotatable bonds is 4. The molecule has 0 bridgehead atoms. The molecule has 3 heterocycles. The maximum Gasteiger partial charge on any atom is 0.228 e.